The fourth-order valence-electron chi connectivity index (χ4n) is 4.06. The molecule has 0 aliphatic heterocycles. The van der Waals surface area contributed by atoms with Crippen molar-refractivity contribution in [2.24, 2.45) is 4.52 Å². The molecule has 0 aliphatic carbocycles. The standard InChI is InChI=1S/C30H25NP2.ClHO4/c1-6-16-26(17-7-1)32(27-18-8-2-9-19-27)31-33(28-20-10-3-11-21-28,29-22-12-4-13-23-29)30-24-14-5-15-25-30;2-1(3,4)5/h1-25H;(H,2,3,4,5). The molecule has 0 heterocycles. The van der Waals surface area contributed by atoms with E-state index in [1.54, 1.807) is 0 Å². The Morgan fingerprint density at radius 1 is 0.474 bits per heavy atom. The van der Waals surface area contributed by atoms with Crippen molar-refractivity contribution in [1.29, 1.82) is 0 Å². The summed E-state index contributed by atoms with van der Waals surface area (Å²) in [7, 11) is -7.92. The molecule has 5 nitrogen and oxygen atoms in total. The summed E-state index contributed by atoms with van der Waals surface area (Å²) in [4.78, 5) is 0. The number of halogens is 1. The van der Waals surface area contributed by atoms with E-state index in [-0.39, 0.29) is 0 Å². The van der Waals surface area contributed by atoms with Crippen molar-refractivity contribution >= 4 is 41.6 Å². The van der Waals surface area contributed by atoms with Crippen LogP contribution in [0.15, 0.2) is 156 Å². The minimum absolute atomic E-state index is 0.935. The Labute approximate surface area is 226 Å². The number of rotatable bonds is 6. The van der Waals surface area contributed by atoms with Gasteiger partial charge in [0.1, 0.15) is 0 Å². The van der Waals surface area contributed by atoms with E-state index < -0.39 is 25.4 Å². The highest BCUT2D eigenvalue weighted by Crippen LogP contribution is 2.55. The summed E-state index contributed by atoms with van der Waals surface area (Å²) in [5, 5.41) is 6.38. The van der Waals surface area contributed by atoms with E-state index >= 15 is 0 Å². The van der Waals surface area contributed by atoms with Crippen molar-refractivity contribution in [2.75, 3.05) is 0 Å². The second kappa shape index (κ2) is 13.1. The maximum absolute atomic E-state index is 8.60. The highest BCUT2D eigenvalue weighted by atomic mass is 35.7. The van der Waals surface area contributed by atoms with Gasteiger partial charge in [-0.3, -0.25) is 4.52 Å². The summed E-state index contributed by atoms with van der Waals surface area (Å²) in [5.74, 6) is 0. The maximum atomic E-state index is 8.60. The van der Waals surface area contributed by atoms with Crippen molar-refractivity contribution in [2.45, 2.75) is 0 Å². The third-order valence-electron chi connectivity index (χ3n) is 5.61. The van der Waals surface area contributed by atoms with Crippen LogP contribution in [0.5, 0.6) is 0 Å². The highest BCUT2D eigenvalue weighted by Gasteiger charge is 2.29. The van der Waals surface area contributed by atoms with Gasteiger partial charge in [-0.05, 0) is 0 Å². The Morgan fingerprint density at radius 2 is 0.711 bits per heavy atom. The zero-order chi connectivity index (χ0) is 26.8. The van der Waals surface area contributed by atoms with Crippen molar-refractivity contribution in [1.82, 2.24) is 0 Å². The largest absolute Gasteiger partial charge is 0.257 e. The monoisotopic (exact) mass is 561 g/mol. The van der Waals surface area contributed by atoms with Gasteiger partial charge < -0.3 is 0 Å². The van der Waals surface area contributed by atoms with Crippen LogP contribution in [0, 0.1) is 10.2 Å². The summed E-state index contributed by atoms with van der Waals surface area (Å²) in [6.45, 7) is 0. The van der Waals surface area contributed by atoms with E-state index in [1.807, 2.05) is 0 Å². The molecule has 0 spiro atoms. The van der Waals surface area contributed by atoms with Crippen LogP contribution in [0.3, 0.4) is 0 Å². The van der Waals surface area contributed by atoms with Gasteiger partial charge in [-0.1, -0.05) is 152 Å². The zero-order valence-corrected chi connectivity index (χ0v) is 22.9. The van der Waals surface area contributed by atoms with Gasteiger partial charge in [0.2, 0.25) is 0 Å². The number of hydrogen-bond donors (Lipinski definition) is 1. The second-order valence-corrected chi connectivity index (χ2v) is 14.1. The first-order valence-corrected chi connectivity index (χ1v) is 16.0. The van der Waals surface area contributed by atoms with E-state index in [4.69, 9.17) is 23.2 Å². The van der Waals surface area contributed by atoms with Crippen molar-refractivity contribution < 1.29 is 28.9 Å². The molecule has 0 atom stereocenters. The molecular weight excluding hydrogens is 536 g/mol. The molecular formula is C30H26ClNO4P2. The molecule has 0 radical (unpaired) electrons. The van der Waals surface area contributed by atoms with E-state index in [9.17, 15) is 0 Å². The molecule has 1 N–H and O–H groups in total. The molecule has 0 saturated carbocycles. The average Bonchev–Trinajstić information content (AvgIpc) is 2.95. The van der Waals surface area contributed by atoms with Crippen LogP contribution in [0.2, 0.25) is 0 Å². The van der Waals surface area contributed by atoms with Crippen LogP contribution < -0.4 is 40.5 Å². The van der Waals surface area contributed by atoms with Gasteiger partial charge in [-0.25, -0.2) is 0 Å². The summed E-state index contributed by atoms with van der Waals surface area (Å²) >= 11 is 0. The first-order chi connectivity index (χ1) is 18.4. The summed E-state index contributed by atoms with van der Waals surface area (Å²) in [5.41, 5.74) is 0. The van der Waals surface area contributed by atoms with E-state index in [1.165, 1.54) is 26.5 Å². The van der Waals surface area contributed by atoms with Gasteiger partial charge >= 0.3 is 0 Å². The molecule has 8 heteroatoms. The first-order valence-electron chi connectivity index (χ1n) is 11.7. The molecule has 5 rings (SSSR count). The lowest BCUT2D eigenvalue weighted by atomic mass is 10.4. The Morgan fingerprint density at radius 3 is 0.974 bits per heavy atom. The molecule has 0 unspecified atom stereocenters. The molecule has 5 aromatic carbocycles. The second-order valence-electron chi connectivity index (χ2n) is 8.11. The van der Waals surface area contributed by atoms with Crippen LogP contribution in [0.25, 0.3) is 0 Å². The van der Waals surface area contributed by atoms with Crippen molar-refractivity contribution in [3.05, 3.63) is 152 Å². The predicted molar refractivity (Wildman–Crippen MR) is 149 cm³/mol. The van der Waals surface area contributed by atoms with Crippen LogP contribution >= 0.6 is 15.1 Å². The summed E-state index contributed by atoms with van der Waals surface area (Å²) < 4.78 is 38.7. The molecule has 0 amide bonds. The molecule has 0 saturated heterocycles. The number of nitrogens with zero attached hydrogens (tertiary/aromatic N) is 1. The molecule has 0 bridgehead atoms. The van der Waals surface area contributed by atoms with E-state index in [0.717, 1.165) is 0 Å². The summed E-state index contributed by atoms with van der Waals surface area (Å²) in [6.07, 6.45) is 0. The Bertz CT molecular complexity index is 1300. The van der Waals surface area contributed by atoms with Gasteiger partial charge in [0, 0.05) is 26.5 Å². The van der Waals surface area contributed by atoms with Crippen LogP contribution in [-0.2, 0) is 0 Å². The molecule has 38 heavy (non-hydrogen) atoms. The lowest BCUT2D eigenvalue weighted by Gasteiger charge is -2.29. The Balaban J connectivity index is 0.000000617. The number of benzene rings is 5. The van der Waals surface area contributed by atoms with Crippen LogP contribution in [0.4, 0.5) is 0 Å². The third-order valence-corrected chi connectivity index (χ3v) is 12.1. The van der Waals surface area contributed by atoms with Crippen LogP contribution in [-0.4, -0.2) is 4.66 Å². The first kappa shape index (κ1) is 27.9. The lowest BCUT2D eigenvalue weighted by molar-refractivity contribution is -1.92. The Kier molecular flexibility index (Phi) is 9.63. The molecule has 0 aliphatic rings. The topological polar surface area (TPSA) is 102 Å². The molecule has 5 aromatic rings. The lowest BCUT2D eigenvalue weighted by Crippen LogP contribution is -2.58. The maximum Gasteiger partial charge on any atom is 0.0777 e. The Hall–Kier alpha value is -3.11. The quantitative estimate of drug-likeness (QED) is 0.321. The van der Waals surface area contributed by atoms with Crippen LogP contribution in [0.1, 0.15) is 0 Å². The van der Waals surface area contributed by atoms with Crippen molar-refractivity contribution in [3.8, 4) is 0 Å². The predicted octanol–water partition coefficient (Wildman–Crippen LogP) is 2.09. The SMILES string of the molecule is [O-][Cl+3]([O-])([O-])O.c1ccc(P(N=P(c2ccccc2)(c2ccccc2)c2ccccc2)c2ccccc2)cc1. The van der Waals surface area contributed by atoms with Gasteiger partial charge in [0.15, 0.2) is 0 Å². The van der Waals surface area contributed by atoms with E-state index in [0.29, 0.717) is 0 Å². The van der Waals surface area contributed by atoms with Gasteiger partial charge in [0.25, 0.3) is 0 Å². The fourth-order valence-corrected chi connectivity index (χ4v) is 11.1. The minimum atomic E-state index is -4.69. The summed E-state index contributed by atoms with van der Waals surface area (Å²) in [6, 6.07) is 54.1. The van der Waals surface area contributed by atoms with Gasteiger partial charge in [-0.2, -0.15) is 14.0 Å². The normalized spacial score (nSPS) is 11.4. The zero-order valence-electron chi connectivity index (χ0n) is 20.3. The number of hydrogen-bond acceptors (Lipinski definition) is 5. The van der Waals surface area contributed by atoms with Crippen molar-refractivity contribution in [3.63, 3.8) is 0 Å². The minimum Gasteiger partial charge on any atom is -0.257 e. The molecule has 0 aromatic heterocycles. The van der Waals surface area contributed by atoms with Gasteiger partial charge in [0.05, 0.1) is 30.0 Å². The smallest absolute Gasteiger partial charge is 0.0777 e. The molecule has 0 fully saturated rings. The third kappa shape index (κ3) is 7.26. The highest BCUT2D eigenvalue weighted by molar-refractivity contribution is 7.92. The fraction of sp³-hybridized carbons (Fsp3) is 0. The average molecular weight is 562 g/mol. The molecule has 192 valence electrons. The van der Waals surface area contributed by atoms with E-state index in [2.05, 4.69) is 152 Å². The van der Waals surface area contributed by atoms with Gasteiger partial charge in [-0.15, -0.1) is 0 Å².